The number of hydrogen-bond acceptors (Lipinski definition) is 2. The molecule has 0 bridgehead atoms. The number of nitrogens with zero attached hydrogens (tertiary/aromatic N) is 2. The van der Waals surface area contributed by atoms with Gasteiger partial charge < -0.3 is 9.80 Å². The molecule has 0 aliphatic carbocycles. The molecule has 0 spiro atoms. The molecule has 0 saturated carbocycles. The molecule has 0 heterocycles. The predicted molar refractivity (Wildman–Crippen MR) is 225 cm³/mol. The van der Waals surface area contributed by atoms with Crippen LogP contribution in [0.15, 0.2) is 182 Å². The van der Waals surface area contributed by atoms with Crippen LogP contribution < -0.4 is 9.80 Å². The van der Waals surface area contributed by atoms with Gasteiger partial charge in [-0.1, -0.05) is 147 Å². The zero-order valence-electron chi connectivity index (χ0n) is 29.9. The minimum atomic E-state index is 1.03. The zero-order chi connectivity index (χ0) is 35.5. The fourth-order valence-corrected chi connectivity index (χ4v) is 6.47. The van der Waals surface area contributed by atoms with E-state index in [4.69, 9.17) is 0 Å². The Morgan fingerprint density at radius 2 is 0.596 bits per heavy atom. The van der Waals surface area contributed by atoms with E-state index in [-0.39, 0.29) is 0 Å². The summed E-state index contributed by atoms with van der Waals surface area (Å²) in [5, 5.41) is 0. The third kappa shape index (κ3) is 8.15. The Bertz CT molecular complexity index is 2050. The first kappa shape index (κ1) is 34.1. The van der Waals surface area contributed by atoms with Crippen molar-refractivity contribution in [1.29, 1.82) is 0 Å². The monoisotopic (exact) mass is 672 g/mol. The van der Waals surface area contributed by atoms with Crippen LogP contribution in [-0.2, 0) is 12.8 Å². The van der Waals surface area contributed by atoms with E-state index in [1.54, 1.807) is 0 Å². The van der Waals surface area contributed by atoms with Crippen LogP contribution in [0.4, 0.5) is 34.1 Å². The van der Waals surface area contributed by atoms with Crippen molar-refractivity contribution in [1.82, 2.24) is 0 Å². The van der Waals surface area contributed by atoms with Crippen molar-refractivity contribution < 1.29 is 0 Å². The van der Waals surface area contributed by atoms with Gasteiger partial charge in [-0.15, -0.1) is 0 Å². The van der Waals surface area contributed by atoms with Gasteiger partial charge in [0, 0.05) is 34.1 Å². The van der Waals surface area contributed by atoms with Crippen LogP contribution in [0.3, 0.4) is 0 Å². The van der Waals surface area contributed by atoms with Crippen LogP contribution in [0.2, 0.25) is 0 Å². The van der Waals surface area contributed by atoms with Crippen molar-refractivity contribution in [3.63, 3.8) is 0 Å². The summed E-state index contributed by atoms with van der Waals surface area (Å²) in [7, 11) is 0. The summed E-state index contributed by atoms with van der Waals surface area (Å²) in [4.78, 5) is 4.62. The second kappa shape index (κ2) is 16.6. The first-order valence-electron chi connectivity index (χ1n) is 18.2. The van der Waals surface area contributed by atoms with Gasteiger partial charge in [0.15, 0.2) is 0 Å². The number of para-hydroxylation sites is 2. The van der Waals surface area contributed by atoms with Crippen molar-refractivity contribution in [3.05, 3.63) is 215 Å². The molecule has 0 N–H and O–H groups in total. The Labute approximate surface area is 309 Å². The number of rotatable bonds is 12. The third-order valence-corrected chi connectivity index (χ3v) is 9.44. The summed E-state index contributed by atoms with van der Waals surface area (Å²) >= 11 is 0. The summed E-state index contributed by atoms with van der Waals surface area (Å²) in [6, 6.07) is 65.0. The molecule has 7 aromatic rings. The zero-order valence-corrected chi connectivity index (χ0v) is 29.9. The van der Waals surface area contributed by atoms with Crippen LogP contribution in [0.25, 0.3) is 24.3 Å². The summed E-state index contributed by atoms with van der Waals surface area (Å²) in [6.07, 6.45) is 10.9. The normalized spacial score (nSPS) is 11.3. The minimum Gasteiger partial charge on any atom is -0.311 e. The fourth-order valence-electron chi connectivity index (χ4n) is 6.47. The lowest BCUT2D eigenvalue weighted by Gasteiger charge is -2.25. The number of aryl methyl sites for hydroxylation is 2. The summed E-state index contributed by atoms with van der Waals surface area (Å²) in [5.74, 6) is 0. The van der Waals surface area contributed by atoms with E-state index in [0.29, 0.717) is 0 Å². The van der Waals surface area contributed by atoms with Crippen LogP contribution in [-0.4, -0.2) is 0 Å². The van der Waals surface area contributed by atoms with Crippen molar-refractivity contribution in [2.24, 2.45) is 0 Å². The molecule has 254 valence electrons. The van der Waals surface area contributed by atoms with Gasteiger partial charge in [0.05, 0.1) is 0 Å². The van der Waals surface area contributed by atoms with E-state index in [0.717, 1.165) is 58.1 Å². The molecule has 0 aromatic heterocycles. The van der Waals surface area contributed by atoms with Gasteiger partial charge in [-0.05, 0) is 119 Å². The molecule has 2 nitrogen and oxygen atoms in total. The molecule has 7 rings (SSSR count). The van der Waals surface area contributed by atoms with Gasteiger partial charge in [0.1, 0.15) is 0 Å². The highest BCUT2D eigenvalue weighted by molar-refractivity contribution is 5.82. The highest BCUT2D eigenvalue weighted by Gasteiger charge is 2.13. The van der Waals surface area contributed by atoms with Crippen molar-refractivity contribution in [2.45, 2.75) is 26.7 Å². The van der Waals surface area contributed by atoms with Crippen molar-refractivity contribution in [3.8, 4) is 0 Å². The molecule has 0 radical (unpaired) electrons. The molecule has 0 aliphatic rings. The van der Waals surface area contributed by atoms with Crippen LogP contribution >= 0.6 is 0 Å². The Morgan fingerprint density at radius 1 is 0.308 bits per heavy atom. The molecular formula is C50H44N2. The predicted octanol–water partition coefficient (Wildman–Crippen LogP) is 14.1. The molecule has 0 amide bonds. The Hall–Kier alpha value is -6.38. The van der Waals surface area contributed by atoms with Gasteiger partial charge in [-0.2, -0.15) is 0 Å². The lowest BCUT2D eigenvalue weighted by atomic mass is 10.0. The van der Waals surface area contributed by atoms with Gasteiger partial charge >= 0.3 is 0 Å². The van der Waals surface area contributed by atoms with Gasteiger partial charge in [0.25, 0.3) is 0 Å². The molecule has 0 aliphatic heterocycles. The highest BCUT2D eigenvalue weighted by atomic mass is 15.1. The number of benzene rings is 7. The first-order valence-corrected chi connectivity index (χ1v) is 18.2. The lowest BCUT2D eigenvalue weighted by Crippen LogP contribution is -2.09. The molecule has 0 unspecified atom stereocenters. The molecule has 52 heavy (non-hydrogen) atoms. The quantitative estimate of drug-likeness (QED) is 0.119. The second-order valence-electron chi connectivity index (χ2n) is 12.9. The van der Waals surface area contributed by atoms with Crippen LogP contribution in [0.1, 0.15) is 47.2 Å². The molecule has 2 heteroatoms. The summed E-state index contributed by atoms with van der Waals surface area (Å²) in [6.45, 7) is 4.38. The minimum absolute atomic E-state index is 1.03. The Balaban J connectivity index is 1.08. The standard InChI is InChI=1S/C50H44N2/c1-3-39-21-31-47(32-22-39)51(45-15-7-5-8-16-45)49-35-25-41(26-36-49)19-29-43-13-11-12-14-44(43)30-20-42-27-37-50(38-28-42)52(46-17-9-6-10-18-46)48-33-23-40(4-2)24-34-48/h5-38H,3-4H2,1-2H3/b29-19-,30-20+. The maximum Gasteiger partial charge on any atom is 0.0462 e. The van der Waals surface area contributed by atoms with E-state index in [9.17, 15) is 0 Å². The van der Waals surface area contributed by atoms with E-state index in [1.807, 2.05) is 0 Å². The molecule has 0 fully saturated rings. The van der Waals surface area contributed by atoms with Gasteiger partial charge in [-0.3, -0.25) is 0 Å². The first-order chi connectivity index (χ1) is 25.7. The molecule has 0 atom stereocenters. The summed E-state index contributed by atoms with van der Waals surface area (Å²) < 4.78 is 0. The van der Waals surface area contributed by atoms with Gasteiger partial charge in [0.2, 0.25) is 0 Å². The maximum absolute atomic E-state index is 2.31. The van der Waals surface area contributed by atoms with E-state index in [2.05, 4.69) is 230 Å². The van der Waals surface area contributed by atoms with Crippen molar-refractivity contribution >= 4 is 58.4 Å². The highest BCUT2D eigenvalue weighted by Crippen LogP contribution is 2.36. The number of anilines is 6. The van der Waals surface area contributed by atoms with Crippen molar-refractivity contribution in [2.75, 3.05) is 9.80 Å². The summed E-state index contributed by atoms with van der Waals surface area (Å²) in [5.41, 5.74) is 14.2. The largest absolute Gasteiger partial charge is 0.311 e. The van der Waals surface area contributed by atoms with Gasteiger partial charge in [-0.25, -0.2) is 0 Å². The van der Waals surface area contributed by atoms with E-state index in [1.165, 1.54) is 22.3 Å². The van der Waals surface area contributed by atoms with Crippen LogP contribution in [0.5, 0.6) is 0 Å². The topological polar surface area (TPSA) is 6.48 Å². The van der Waals surface area contributed by atoms with Crippen LogP contribution in [0, 0.1) is 0 Å². The average molecular weight is 673 g/mol. The SMILES string of the molecule is CCc1ccc(N(c2ccccc2)c2ccc(/C=C\c3ccccc3/C=C/c3ccc(N(c4ccccc4)c4ccc(CC)cc4)cc3)cc2)cc1. The lowest BCUT2D eigenvalue weighted by molar-refractivity contribution is 1.14. The Morgan fingerprint density at radius 3 is 0.923 bits per heavy atom. The molecular weight excluding hydrogens is 629 g/mol. The molecule has 0 saturated heterocycles. The molecule has 7 aromatic carbocycles. The Kier molecular flexibility index (Phi) is 10.8. The smallest absolute Gasteiger partial charge is 0.0462 e. The average Bonchev–Trinajstić information content (AvgIpc) is 3.22. The second-order valence-corrected chi connectivity index (χ2v) is 12.9. The fraction of sp³-hybridized carbons (Fsp3) is 0.0800. The van der Waals surface area contributed by atoms with E-state index < -0.39 is 0 Å². The number of hydrogen-bond donors (Lipinski definition) is 0. The third-order valence-electron chi connectivity index (χ3n) is 9.44. The van der Waals surface area contributed by atoms with E-state index >= 15 is 0 Å². The maximum atomic E-state index is 2.31.